The van der Waals surface area contributed by atoms with Crippen molar-refractivity contribution in [1.82, 2.24) is 4.90 Å². The van der Waals surface area contributed by atoms with E-state index in [0.717, 1.165) is 36.3 Å². The van der Waals surface area contributed by atoms with Crippen molar-refractivity contribution in [3.05, 3.63) is 64.7 Å². The van der Waals surface area contributed by atoms with Crippen molar-refractivity contribution >= 4 is 24.0 Å². The Balaban J connectivity index is 0.00000182. The van der Waals surface area contributed by atoms with Crippen molar-refractivity contribution in [2.24, 2.45) is 0 Å². The number of carbonyl (C=O) groups is 1. The summed E-state index contributed by atoms with van der Waals surface area (Å²) in [6.07, 6.45) is 1.03. The Morgan fingerprint density at radius 3 is 2.64 bits per heavy atom. The highest BCUT2D eigenvalue weighted by molar-refractivity contribution is 6.09. The van der Waals surface area contributed by atoms with Crippen molar-refractivity contribution < 1.29 is 4.79 Å². The fraction of sp³-hybridized carbons (Fsp3) is 0.381. The number of rotatable bonds is 1. The molecule has 2 heterocycles. The summed E-state index contributed by atoms with van der Waals surface area (Å²) >= 11 is 0. The van der Waals surface area contributed by atoms with Gasteiger partial charge in [-0.3, -0.25) is 4.79 Å². The molecule has 0 aliphatic carbocycles. The topological polar surface area (TPSA) is 23.6 Å². The summed E-state index contributed by atoms with van der Waals surface area (Å²) in [5.41, 5.74) is 5.59. The SMILES string of the molecule is Cc1ccc2c(c1)C1CN(C)CCC1N2C(=O)c1ccccc1C.Cl. The standard InChI is InChI=1S/C21H24N2O.ClH/c1-14-8-9-19-17(12-14)18-13-22(3)11-10-20(18)23(19)21(24)16-7-5-4-6-15(16)2;/h4-9,12,18,20H,10-11,13H2,1-3H3;1H. The van der Waals surface area contributed by atoms with Gasteiger partial charge >= 0.3 is 0 Å². The summed E-state index contributed by atoms with van der Waals surface area (Å²) in [5, 5.41) is 0. The van der Waals surface area contributed by atoms with Crippen LogP contribution in [0.5, 0.6) is 0 Å². The lowest BCUT2D eigenvalue weighted by molar-refractivity contribution is 0.0964. The van der Waals surface area contributed by atoms with Crippen LogP contribution in [0.25, 0.3) is 0 Å². The minimum atomic E-state index is 0. The molecule has 2 unspecified atom stereocenters. The molecule has 25 heavy (non-hydrogen) atoms. The van der Waals surface area contributed by atoms with E-state index in [2.05, 4.69) is 42.0 Å². The molecule has 2 atom stereocenters. The summed E-state index contributed by atoms with van der Waals surface area (Å²) in [6.45, 7) is 6.23. The second kappa shape index (κ2) is 6.81. The van der Waals surface area contributed by atoms with Gasteiger partial charge in [0, 0.05) is 29.8 Å². The fourth-order valence-corrected chi connectivity index (χ4v) is 4.29. The molecule has 3 nitrogen and oxygen atoms in total. The van der Waals surface area contributed by atoms with Crippen molar-refractivity contribution in [3.8, 4) is 0 Å². The van der Waals surface area contributed by atoms with Gasteiger partial charge in [-0.25, -0.2) is 0 Å². The normalized spacial score (nSPS) is 22.1. The van der Waals surface area contributed by atoms with E-state index in [1.165, 1.54) is 11.1 Å². The average Bonchev–Trinajstić information content (AvgIpc) is 2.88. The van der Waals surface area contributed by atoms with Gasteiger partial charge in [0.05, 0.1) is 0 Å². The molecule has 132 valence electrons. The minimum Gasteiger partial charge on any atom is -0.306 e. The first-order chi connectivity index (χ1) is 11.6. The average molecular weight is 357 g/mol. The van der Waals surface area contributed by atoms with Crippen LogP contribution in [0.3, 0.4) is 0 Å². The number of halogens is 1. The zero-order valence-corrected chi connectivity index (χ0v) is 15.8. The second-order valence-corrected chi connectivity index (χ2v) is 7.28. The third-order valence-electron chi connectivity index (χ3n) is 5.55. The van der Waals surface area contributed by atoms with E-state index in [0.29, 0.717) is 5.92 Å². The van der Waals surface area contributed by atoms with Crippen LogP contribution in [-0.4, -0.2) is 37.0 Å². The van der Waals surface area contributed by atoms with Crippen LogP contribution in [0, 0.1) is 13.8 Å². The molecular weight excluding hydrogens is 332 g/mol. The Bertz CT molecular complexity index is 804. The molecular formula is C21H25ClN2O. The molecule has 1 fully saturated rings. The third-order valence-corrected chi connectivity index (χ3v) is 5.55. The Labute approximate surface area is 156 Å². The molecule has 1 saturated heterocycles. The Hall–Kier alpha value is -1.84. The number of anilines is 1. The van der Waals surface area contributed by atoms with Gasteiger partial charge in [-0.15, -0.1) is 12.4 Å². The number of hydrogen-bond donors (Lipinski definition) is 0. The zero-order valence-electron chi connectivity index (χ0n) is 15.0. The van der Waals surface area contributed by atoms with Gasteiger partial charge in [0.15, 0.2) is 0 Å². The number of aryl methyl sites for hydroxylation is 2. The summed E-state index contributed by atoms with van der Waals surface area (Å²) in [6, 6.07) is 14.7. The molecule has 1 amide bonds. The molecule has 2 aliphatic heterocycles. The quantitative estimate of drug-likeness (QED) is 0.765. The molecule has 4 heteroatoms. The number of likely N-dealkylation sites (N-methyl/N-ethyl adjacent to an activating group) is 1. The molecule has 0 N–H and O–H groups in total. The number of carbonyl (C=O) groups excluding carboxylic acids is 1. The number of nitrogens with zero attached hydrogens (tertiary/aromatic N) is 2. The maximum Gasteiger partial charge on any atom is 0.258 e. The predicted octanol–water partition coefficient (Wildman–Crippen LogP) is 4.17. The summed E-state index contributed by atoms with van der Waals surface area (Å²) in [7, 11) is 2.18. The first-order valence-electron chi connectivity index (χ1n) is 8.74. The number of benzene rings is 2. The monoisotopic (exact) mass is 356 g/mol. The van der Waals surface area contributed by atoms with Gasteiger partial charge < -0.3 is 9.80 Å². The fourth-order valence-electron chi connectivity index (χ4n) is 4.29. The lowest BCUT2D eigenvalue weighted by Gasteiger charge is -2.36. The van der Waals surface area contributed by atoms with Crippen molar-refractivity contribution in [2.45, 2.75) is 32.2 Å². The molecule has 0 radical (unpaired) electrons. The second-order valence-electron chi connectivity index (χ2n) is 7.28. The van der Waals surface area contributed by atoms with Crippen LogP contribution in [0.15, 0.2) is 42.5 Å². The molecule has 0 saturated carbocycles. The van der Waals surface area contributed by atoms with E-state index in [4.69, 9.17) is 0 Å². The maximum absolute atomic E-state index is 13.4. The van der Waals surface area contributed by atoms with Crippen LogP contribution >= 0.6 is 12.4 Å². The minimum absolute atomic E-state index is 0. The Kier molecular flexibility index (Phi) is 4.90. The van der Waals surface area contributed by atoms with Gasteiger partial charge in [-0.1, -0.05) is 35.9 Å². The van der Waals surface area contributed by atoms with E-state index >= 15 is 0 Å². The molecule has 2 aromatic carbocycles. The first-order valence-corrected chi connectivity index (χ1v) is 8.74. The molecule has 0 spiro atoms. The number of amides is 1. The number of hydrogen-bond acceptors (Lipinski definition) is 2. The van der Waals surface area contributed by atoms with Crippen LogP contribution in [0.4, 0.5) is 5.69 Å². The van der Waals surface area contributed by atoms with Crippen molar-refractivity contribution in [2.75, 3.05) is 25.0 Å². The highest BCUT2D eigenvalue weighted by atomic mass is 35.5. The highest BCUT2D eigenvalue weighted by Crippen LogP contribution is 2.45. The van der Waals surface area contributed by atoms with Crippen molar-refractivity contribution in [1.29, 1.82) is 0 Å². The van der Waals surface area contributed by atoms with E-state index in [1.807, 2.05) is 31.2 Å². The van der Waals surface area contributed by atoms with Crippen molar-refractivity contribution in [3.63, 3.8) is 0 Å². The molecule has 0 bridgehead atoms. The molecule has 2 aromatic rings. The van der Waals surface area contributed by atoms with E-state index < -0.39 is 0 Å². The number of likely N-dealkylation sites (tertiary alicyclic amines) is 1. The summed E-state index contributed by atoms with van der Waals surface area (Å²) in [4.78, 5) is 17.8. The van der Waals surface area contributed by atoms with E-state index in [-0.39, 0.29) is 24.4 Å². The summed E-state index contributed by atoms with van der Waals surface area (Å²) < 4.78 is 0. The smallest absolute Gasteiger partial charge is 0.258 e. The van der Waals surface area contributed by atoms with Gasteiger partial charge in [-0.2, -0.15) is 0 Å². The molecule has 2 aliphatic rings. The van der Waals surface area contributed by atoms with Crippen LogP contribution in [0.1, 0.15) is 39.4 Å². The predicted molar refractivity (Wildman–Crippen MR) is 105 cm³/mol. The zero-order chi connectivity index (χ0) is 16.8. The largest absolute Gasteiger partial charge is 0.306 e. The maximum atomic E-state index is 13.4. The third kappa shape index (κ3) is 2.96. The van der Waals surface area contributed by atoms with Gasteiger partial charge in [0.25, 0.3) is 5.91 Å². The first kappa shape index (κ1) is 18.0. The van der Waals surface area contributed by atoms with Gasteiger partial charge in [0.2, 0.25) is 0 Å². The van der Waals surface area contributed by atoms with Gasteiger partial charge in [-0.05, 0) is 57.1 Å². The lowest BCUT2D eigenvalue weighted by atomic mass is 9.88. The van der Waals surface area contributed by atoms with E-state index in [9.17, 15) is 4.79 Å². The summed E-state index contributed by atoms with van der Waals surface area (Å²) in [5.74, 6) is 0.571. The van der Waals surface area contributed by atoms with Gasteiger partial charge in [0.1, 0.15) is 0 Å². The Morgan fingerprint density at radius 1 is 1.12 bits per heavy atom. The molecule has 0 aromatic heterocycles. The van der Waals surface area contributed by atoms with E-state index in [1.54, 1.807) is 0 Å². The Morgan fingerprint density at radius 2 is 1.88 bits per heavy atom. The highest BCUT2D eigenvalue weighted by Gasteiger charge is 2.44. The van der Waals surface area contributed by atoms with Crippen LogP contribution in [-0.2, 0) is 0 Å². The lowest BCUT2D eigenvalue weighted by Crippen LogP contribution is -2.47. The molecule has 4 rings (SSSR count). The van der Waals surface area contributed by atoms with Crippen LogP contribution in [0.2, 0.25) is 0 Å². The number of fused-ring (bicyclic) bond motifs is 3. The number of piperidine rings is 1. The van der Waals surface area contributed by atoms with Crippen LogP contribution < -0.4 is 4.90 Å².